The SMILES string of the molecule is CCCCCC1CCC(c2ncc(CCCC)c(F)n2)CC1. The topological polar surface area (TPSA) is 25.8 Å². The van der Waals surface area contributed by atoms with Gasteiger partial charge >= 0.3 is 0 Å². The van der Waals surface area contributed by atoms with Crippen molar-refractivity contribution in [2.45, 2.75) is 90.4 Å². The van der Waals surface area contributed by atoms with Crippen LogP contribution in [0.2, 0.25) is 0 Å². The Morgan fingerprint density at radius 1 is 1.05 bits per heavy atom. The van der Waals surface area contributed by atoms with E-state index >= 15 is 0 Å². The first-order valence-electron chi connectivity index (χ1n) is 9.25. The standard InChI is InChI=1S/C19H31FN2/c1-3-5-7-8-15-10-12-16(13-11-15)19-21-14-17(9-6-4-2)18(20)22-19/h14-16H,3-13H2,1-2H3. The molecule has 0 bridgehead atoms. The third kappa shape index (κ3) is 5.03. The van der Waals surface area contributed by atoms with Crippen LogP contribution in [0, 0.1) is 11.9 Å². The summed E-state index contributed by atoms with van der Waals surface area (Å²) in [5, 5.41) is 0. The highest BCUT2D eigenvalue weighted by Gasteiger charge is 2.24. The Labute approximate surface area is 135 Å². The molecule has 1 aliphatic carbocycles. The van der Waals surface area contributed by atoms with Crippen LogP contribution >= 0.6 is 0 Å². The van der Waals surface area contributed by atoms with Crippen molar-refractivity contribution in [2.24, 2.45) is 5.92 Å². The van der Waals surface area contributed by atoms with E-state index in [0.29, 0.717) is 11.5 Å². The molecule has 1 fully saturated rings. The maximum absolute atomic E-state index is 14.1. The van der Waals surface area contributed by atoms with Crippen molar-refractivity contribution in [2.75, 3.05) is 0 Å². The molecule has 1 aromatic heterocycles. The van der Waals surface area contributed by atoms with Gasteiger partial charge in [-0.2, -0.15) is 4.39 Å². The van der Waals surface area contributed by atoms with Gasteiger partial charge in [0.15, 0.2) is 0 Å². The second-order valence-electron chi connectivity index (χ2n) is 6.86. The highest BCUT2D eigenvalue weighted by atomic mass is 19.1. The second-order valence-corrected chi connectivity index (χ2v) is 6.86. The summed E-state index contributed by atoms with van der Waals surface area (Å²) in [6, 6.07) is 0. The molecule has 1 aromatic rings. The highest BCUT2D eigenvalue weighted by molar-refractivity contribution is 5.10. The van der Waals surface area contributed by atoms with Gasteiger partial charge in [0.05, 0.1) is 0 Å². The van der Waals surface area contributed by atoms with Crippen LogP contribution in [-0.4, -0.2) is 9.97 Å². The molecule has 2 nitrogen and oxygen atoms in total. The van der Waals surface area contributed by atoms with Gasteiger partial charge in [0, 0.05) is 17.7 Å². The van der Waals surface area contributed by atoms with Crippen LogP contribution in [0.15, 0.2) is 6.20 Å². The smallest absolute Gasteiger partial charge is 0.219 e. The molecule has 0 aliphatic heterocycles. The Morgan fingerprint density at radius 2 is 1.77 bits per heavy atom. The summed E-state index contributed by atoms with van der Waals surface area (Å²) >= 11 is 0. The maximum atomic E-state index is 14.1. The number of nitrogens with zero attached hydrogens (tertiary/aromatic N) is 2. The molecule has 22 heavy (non-hydrogen) atoms. The van der Waals surface area contributed by atoms with Gasteiger partial charge in [-0.1, -0.05) is 46.0 Å². The van der Waals surface area contributed by atoms with Crippen molar-refractivity contribution in [1.29, 1.82) is 0 Å². The van der Waals surface area contributed by atoms with Crippen LogP contribution in [0.5, 0.6) is 0 Å². The largest absolute Gasteiger partial charge is 0.241 e. The van der Waals surface area contributed by atoms with Crippen LogP contribution < -0.4 is 0 Å². The summed E-state index contributed by atoms with van der Waals surface area (Å²) in [5.74, 6) is 1.70. The van der Waals surface area contributed by atoms with Crippen molar-refractivity contribution in [3.63, 3.8) is 0 Å². The van der Waals surface area contributed by atoms with Crippen LogP contribution in [0.4, 0.5) is 4.39 Å². The number of aryl methyl sites for hydroxylation is 1. The third-order valence-corrected chi connectivity index (χ3v) is 5.06. The lowest BCUT2D eigenvalue weighted by atomic mass is 9.79. The summed E-state index contributed by atoms with van der Waals surface area (Å²) in [6.07, 6.45) is 14.7. The number of unbranched alkanes of at least 4 members (excludes halogenated alkanes) is 3. The Morgan fingerprint density at radius 3 is 2.41 bits per heavy atom. The number of hydrogen-bond acceptors (Lipinski definition) is 2. The molecule has 0 radical (unpaired) electrons. The average Bonchev–Trinajstić information content (AvgIpc) is 2.54. The summed E-state index contributed by atoms with van der Waals surface area (Å²) in [5.41, 5.74) is 0.679. The zero-order chi connectivity index (χ0) is 15.8. The summed E-state index contributed by atoms with van der Waals surface area (Å²) in [6.45, 7) is 4.37. The van der Waals surface area contributed by atoms with Gasteiger partial charge in [-0.3, -0.25) is 0 Å². The molecule has 0 saturated heterocycles. The van der Waals surface area contributed by atoms with Gasteiger partial charge in [0.2, 0.25) is 5.95 Å². The van der Waals surface area contributed by atoms with E-state index in [1.807, 2.05) is 0 Å². The van der Waals surface area contributed by atoms with Crippen molar-refractivity contribution >= 4 is 0 Å². The Balaban J connectivity index is 1.84. The summed E-state index contributed by atoms with van der Waals surface area (Å²) < 4.78 is 14.1. The van der Waals surface area contributed by atoms with E-state index in [-0.39, 0.29) is 5.95 Å². The zero-order valence-corrected chi connectivity index (χ0v) is 14.3. The van der Waals surface area contributed by atoms with Crippen molar-refractivity contribution in [3.05, 3.63) is 23.5 Å². The fourth-order valence-electron chi connectivity index (χ4n) is 3.52. The predicted octanol–water partition coefficient (Wildman–Crippen LogP) is 5.81. The van der Waals surface area contributed by atoms with Crippen LogP contribution in [-0.2, 0) is 6.42 Å². The maximum Gasteiger partial charge on any atom is 0.219 e. The quantitative estimate of drug-likeness (QED) is 0.447. The van der Waals surface area contributed by atoms with Crippen LogP contribution in [0.25, 0.3) is 0 Å². The first-order chi connectivity index (χ1) is 10.7. The van der Waals surface area contributed by atoms with E-state index in [1.165, 1.54) is 38.5 Å². The van der Waals surface area contributed by atoms with E-state index in [2.05, 4.69) is 23.8 Å². The van der Waals surface area contributed by atoms with Gasteiger partial charge in [0.25, 0.3) is 0 Å². The number of halogens is 1. The molecule has 1 saturated carbocycles. The predicted molar refractivity (Wildman–Crippen MR) is 89.4 cm³/mol. The monoisotopic (exact) mass is 306 g/mol. The van der Waals surface area contributed by atoms with Gasteiger partial charge in [0.1, 0.15) is 5.82 Å². The molecule has 124 valence electrons. The lowest BCUT2D eigenvalue weighted by Crippen LogP contribution is -2.16. The Hall–Kier alpha value is -0.990. The number of aromatic nitrogens is 2. The lowest BCUT2D eigenvalue weighted by molar-refractivity contribution is 0.295. The minimum absolute atomic E-state index is 0.288. The Kier molecular flexibility index (Phi) is 7.28. The van der Waals surface area contributed by atoms with Gasteiger partial charge in [-0.25, -0.2) is 9.97 Å². The van der Waals surface area contributed by atoms with E-state index < -0.39 is 0 Å². The van der Waals surface area contributed by atoms with E-state index in [0.717, 1.165) is 43.8 Å². The highest BCUT2D eigenvalue weighted by Crippen LogP contribution is 2.36. The van der Waals surface area contributed by atoms with E-state index in [9.17, 15) is 4.39 Å². The minimum atomic E-state index is -0.288. The molecule has 1 aliphatic rings. The molecule has 1 heterocycles. The first kappa shape index (κ1) is 17.4. The molecule has 0 spiro atoms. The number of rotatable bonds is 8. The molecule has 0 N–H and O–H groups in total. The van der Waals surface area contributed by atoms with Gasteiger partial charge < -0.3 is 0 Å². The average molecular weight is 306 g/mol. The third-order valence-electron chi connectivity index (χ3n) is 5.06. The fourth-order valence-corrected chi connectivity index (χ4v) is 3.52. The van der Waals surface area contributed by atoms with E-state index in [1.54, 1.807) is 6.20 Å². The van der Waals surface area contributed by atoms with Crippen LogP contribution in [0.3, 0.4) is 0 Å². The minimum Gasteiger partial charge on any atom is -0.241 e. The fraction of sp³-hybridized carbons (Fsp3) is 0.789. The molecule has 0 amide bonds. The van der Waals surface area contributed by atoms with Crippen molar-refractivity contribution in [1.82, 2.24) is 9.97 Å². The van der Waals surface area contributed by atoms with Gasteiger partial charge in [-0.05, 0) is 44.4 Å². The van der Waals surface area contributed by atoms with Crippen LogP contribution in [0.1, 0.15) is 95.4 Å². The van der Waals surface area contributed by atoms with E-state index in [4.69, 9.17) is 0 Å². The normalized spacial score (nSPS) is 22.0. The second kappa shape index (κ2) is 9.22. The van der Waals surface area contributed by atoms with Gasteiger partial charge in [-0.15, -0.1) is 0 Å². The Bertz CT molecular complexity index is 439. The lowest BCUT2D eigenvalue weighted by Gasteiger charge is -2.27. The first-order valence-corrected chi connectivity index (χ1v) is 9.25. The van der Waals surface area contributed by atoms with Crippen molar-refractivity contribution < 1.29 is 4.39 Å². The zero-order valence-electron chi connectivity index (χ0n) is 14.3. The molecule has 0 unspecified atom stereocenters. The summed E-state index contributed by atoms with van der Waals surface area (Å²) in [4.78, 5) is 8.64. The number of hydrogen-bond donors (Lipinski definition) is 0. The molecular formula is C19H31FN2. The molecule has 2 rings (SSSR count). The molecule has 3 heteroatoms. The molecule has 0 aromatic carbocycles. The molecular weight excluding hydrogens is 275 g/mol. The van der Waals surface area contributed by atoms with Crippen molar-refractivity contribution in [3.8, 4) is 0 Å². The summed E-state index contributed by atoms with van der Waals surface area (Å²) in [7, 11) is 0. The molecule has 0 atom stereocenters.